The highest BCUT2D eigenvalue weighted by Crippen LogP contribution is 2.18. The second-order valence-electron chi connectivity index (χ2n) is 6.53. The summed E-state index contributed by atoms with van der Waals surface area (Å²) in [5.74, 6) is 0.544. The highest BCUT2D eigenvalue weighted by atomic mass is 16.5. The molecule has 2 heterocycles. The molecule has 5 heteroatoms. The molecule has 0 aliphatic carbocycles. The Kier molecular flexibility index (Phi) is 4.69. The van der Waals surface area contributed by atoms with Crippen LogP contribution >= 0.6 is 0 Å². The van der Waals surface area contributed by atoms with Crippen molar-refractivity contribution >= 4 is 16.8 Å². The Hall–Kier alpha value is -2.56. The number of hydrogen-bond acceptors (Lipinski definition) is 3. The van der Waals surface area contributed by atoms with E-state index in [-0.39, 0.29) is 11.7 Å². The molecule has 0 aliphatic rings. The molecule has 1 amide bonds. The molecular formula is C19H23N3O2. The molecule has 3 rings (SSSR count). The fraction of sp³-hybridized carbons (Fsp3) is 0.368. The number of benzene rings is 1. The summed E-state index contributed by atoms with van der Waals surface area (Å²) in [5.41, 5.74) is 3.19. The van der Waals surface area contributed by atoms with Crippen LogP contribution < -0.4 is 5.32 Å². The minimum absolute atomic E-state index is 0.216. The summed E-state index contributed by atoms with van der Waals surface area (Å²) < 4.78 is 7.35. The SMILES string of the molecule is Cc1cc2ccccc2n1CCNC(=O)c1cc(CC(C)C)no1. The maximum atomic E-state index is 12.2. The van der Waals surface area contributed by atoms with Gasteiger partial charge in [-0.1, -0.05) is 37.2 Å². The molecule has 1 N–H and O–H groups in total. The molecule has 0 saturated heterocycles. The predicted molar refractivity (Wildman–Crippen MR) is 94.1 cm³/mol. The van der Waals surface area contributed by atoms with Crippen LogP contribution in [0.5, 0.6) is 0 Å². The van der Waals surface area contributed by atoms with E-state index in [0.717, 1.165) is 18.7 Å². The van der Waals surface area contributed by atoms with Gasteiger partial charge in [0.1, 0.15) is 0 Å². The third-order valence-electron chi connectivity index (χ3n) is 4.04. The number of carbonyl (C=O) groups excluding carboxylic acids is 1. The number of aryl methyl sites for hydroxylation is 1. The molecule has 3 aromatic rings. The molecule has 0 saturated carbocycles. The lowest BCUT2D eigenvalue weighted by Crippen LogP contribution is -2.27. The van der Waals surface area contributed by atoms with Crippen molar-refractivity contribution in [3.63, 3.8) is 0 Å². The van der Waals surface area contributed by atoms with E-state index in [0.29, 0.717) is 12.5 Å². The first-order valence-corrected chi connectivity index (χ1v) is 8.33. The van der Waals surface area contributed by atoms with Crippen LogP contribution in [0.15, 0.2) is 40.9 Å². The fourth-order valence-electron chi connectivity index (χ4n) is 2.95. The topological polar surface area (TPSA) is 60.1 Å². The van der Waals surface area contributed by atoms with Crippen LogP contribution in [0.3, 0.4) is 0 Å². The molecule has 24 heavy (non-hydrogen) atoms. The molecule has 126 valence electrons. The van der Waals surface area contributed by atoms with Gasteiger partial charge in [-0.2, -0.15) is 0 Å². The highest BCUT2D eigenvalue weighted by molar-refractivity contribution is 5.91. The summed E-state index contributed by atoms with van der Waals surface area (Å²) >= 11 is 0. The van der Waals surface area contributed by atoms with Crippen LogP contribution in [-0.4, -0.2) is 22.2 Å². The van der Waals surface area contributed by atoms with E-state index < -0.39 is 0 Å². The predicted octanol–water partition coefficient (Wildman–Crippen LogP) is 3.57. The van der Waals surface area contributed by atoms with Crippen molar-refractivity contribution in [3.8, 4) is 0 Å². The monoisotopic (exact) mass is 325 g/mol. The van der Waals surface area contributed by atoms with Gasteiger partial charge in [-0.05, 0) is 36.8 Å². The maximum absolute atomic E-state index is 12.2. The van der Waals surface area contributed by atoms with E-state index in [1.807, 2.05) is 12.1 Å². The van der Waals surface area contributed by atoms with Gasteiger partial charge < -0.3 is 14.4 Å². The summed E-state index contributed by atoms with van der Waals surface area (Å²) in [6.07, 6.45) is 0.811. The zero-order chi connectivity index (χ0) is 17.1. The van der Waals surface area contributed by atoms with Gasteiger partial charge in [0.2, 0.25) is 5.76 Å². The van der Waals surface area contributed by atoms with Gasteiger partial charge in [0, 0.05) is 30.4 Å². The van der Waals surface area contributed by atoms with E-state index in [1.54, 1.807) is 6.07 Å². The summed E-state index contributed by atoms with van der Waals surface area (Å²) in [6, 6.07) is 12.1. The van der Waals surface area contributed by atoms with Gasteiger partial charge in [-0.15, -0.1) is 0 Å². The minimum Gasteiger partial charge on any atom is -0.351 e. The molecule has 5 nitrogen and oxygen atoms in total. The van der Waals surface area contributed by atoms with Crippen molar-refractivity contribution in [2.75, 3.05) is 6.54 Å². The number of nitrogens with one attached hydrogen (secondary N) is 1. The average Bonchev–Trinajstić information content (AvgIpc) is 3.11. The van der Waals surface area contributed by atoms with Crippen LogP contribution in [0, 0.1) is 12.8 Å². The van der Waals surface area contributed by atoms with Crippen LogP contribution in [0.25, 0.3) is 10.9 Å². The number of rotatable bonds is 6. The average molecular weight is 325 g/mol. The van der Waals surface area contributed by atoms with Gasteiger partial charge in [0.25, 0.3) is 5.91 Å². The largest absolute Gasteiger partial charge is 0.351 e. The first-order valence-electron chi connectivity index (χ1n) is 8.33. The molecule has 0 fully saturated rings. The standard InChI is InChI=1S/C19H23N3O2/c1-13(2)10-16-12-18(24-21-16)19(23)20-8-9-22-14(3)11-15-6-4-5-7-17(15)22/h4-7,11-13H,8-10H2,1-3H3,(H,20,23). The Labute approximate surface area is 141 Å². The molecule has 0 radical (unpaired) electrons. The van der Waals surface area contributed by atoms with E-state index >= 15 is 0 Å². The zero-order valence-electron chi connectivity index (χ0n) is 14.4. The van der Waals surface area contributed by atoms with Crippen LogP contribution in [0.1, 0.15) is 35.8 Å². The second-order valence-corrected chi connectivity index (χ2v) is 6.53. The quantitative estimate of drug-likeness (QED) is 0.754. The smallest absolute Gasteiger partial charge is 0.289 e. The van der Waals surface area contributed by atoms with Crippen molar-refractivity contribution in [3.05, 3.63) is 53.5 Å². The number of hydrogen-bond donors (Lipinski definition) is 1. The van der Waals surface area contributed by atoms with Crippen molar-refractivity contribution < 1.29 is 9.32 Å². The molecular weight excluding hydrogens is 302 g/mol. The fourth-order valence-corrected chi connectivity index (χ4v) is 2.95. The highest BCUT2D eigenvalue weighted by Gasteiger charge is 2.13. The molecule has 1 aromatic carbocycles. The lowest BCUT2D eigenvalue weighted by molar-refractivity contribution is 0.0915. The van der Waals surface area contributed by atoms with Crippen molar-refractivity contribution in [1.82, 2.24) is 15.0 Å². The lowest BCUT2D eigenvalue weighted by Gasteiger charge is -2.08. The second kappa shape index (κ2) is 6.91. The number of nitrogens with zero attached hydrogens (tertiary/aromatic N) is 2. The third kappa shape index (κ3) is 3.50. The maximum Gasteiger partial charge on any atom is 0.289 e. The molecule has 2 aromatic heterocycles. The molecule has 0 atom stereocenters. The Morgan fingerprint density at radius 3 is 2.88 bits per heavy atom. The Bertz CT molecular complexity index is 845. The van der Waals surface area contributed by atoms with Crippen molar-refractivity contribution in [2.24, 2.45) is 5.92 Å². The van der Waals surface area contributed by atoms with E-state index in [1.165, 1.54) is 16.6 Å². The Morgan fingerprint density at radius 2 is 2.08 bits per heavy atom. The van der Waals surface area contributed by atoms with Crippen molar-refractivity contribution in [1.29, 1.82) is 0 Å². The van der Waals surface area contributed by atoms with E-state index in [9.17, 15) is 4.79 Å². The van der Waals surface area contributed by atoms with Gasteiger partial charge in [-0.3, -0.25) is 4.79 Å². The van der Waals surface area contributed by atoms with Crippen molar-refractivity contribution in [2.45, 2.75) is 33.7 Å². The summed E-state index contributed by atoms with van der Waals surface area (Å²) in [6.45, 7) is 7.56. The van der Waals surface area contributed by atoms with Crippen LogP contribution in [-0.2, 0) is 13.0 Å². The number of aromatic nitrogens is 2. The molecule has 0 aliphatic heterocycles. The summed E-state index contributed by atoms with van der Waals surface area (Å²) in [5, 5.41) is 8.07. The number of amides is 1. The molecule has 0 unspecified atom stereocenters. The van der Waals surface area contributed by atoms with Crippen LogP contribution in [0.2, 0.25) is 0 Å². The molecule has 0 bridgehead atoms. The van der Waals surface area contributed by atoms with Gasteiger partial charge in [0.15, 0.2) is 0 Å². The Balaban J connectivity index is 1.60. The van der Waals surface area contributed by atoms with Crippen LogP contribution in [0.4, 0.5) is 0 Å². The molecule has 0 spiro atoms. The van der Waals surface area contributed by atoms with Gasteiger partial charge in [0.05, 0.1) is 5.69 Å². The normalized spacial score (nSPS) is 11.3. The minimum atomic E-state index is -0.216. The first-order chi connectivity index (χ1) is 11.5. The van der Waals surface area contributed by atoms with Gasteiger partial charge in [-0.25, -0.2) is 0 Å². The number of carbonyl (C=O) groups is 1. The zero-order valence-corrected chi connectivity index (χ0v) is 14.4. The Morgan fingerprint density at radius 1 is 1.29 bits per heavy atom. The van der Waals surface area contributed by atoms with Gasteiger partial charge >= 0.3 is 0 Å². The van der Waals surface area contributed by atoms with E-state index in [4.69, 9.17) is 4.52 Å². The summed E-state index contributed by atoms with van der Waals surface area (Å²) in [4.78, 5) is 12.2. The number of fused-ring (bicyclic) bond motifs is 1. The lowest BCUT2D eigenvalue weighted by atomic mass is 10.1. The third-order valence-corrected chi connectivity index (χ3v) is 4.04. The number of para-hydroxylation sites is 1. The van der Waals surface area contributed by atoms with E-state index in [2.05, 4.69) is 54.0 Å². The first kappa shape index (κ1) is 16.3. The summed E-state index contributed by atoms with van der Waals surface area (Å²) in [7, 11) is 0.